The first kappa shape index (κ1) is 31.0. The van der Waals surface area contributed by atoms with Crippen LogP contribution in [0.25, 0.3) is 43.1 Å². The number of benzene rings is 4. The summed E-state index contributed by atoms with van der Waals surface area (Å²) in [5.74, 6) is 0. The Labute approximate surface area is 252 Å². The Morgan fingerprint density at radius 3 is 0.794 bits per heavy atom. The van der Waals surface area contributed by atoms with Crippen LogP contribution in [0.5, 0.6) is 0 Å². The van der Waals surface area contributed by atoms with Crippen molar-refractivity contribution < 1.29 is 77.2 Å². The Morgan fingerprint density at radius 2 is 0.588 bits per heavy atom. The van der Waals surface area contributed by atoms with E-state index < -0.39 is 0 Å². The summed E-state index contributed by atoms with van der Waals surface area (Å²) in [5.41, 5.74) is 5.31. The second-order valence-corrected chi connectivity index (χ2v) is 8.65. The molecule has 34 heavy (non-hydrogen) atoms. The third kappa shape index (κ3) is 6.20. The van der Waals surface area contributed by atoms with Crippen molar-refractivity contribution >= 4 is 43.1 Å². The van der Waals surface area contributed by atoms with Gasteiger partial charge in [-0.05, 0) is 27.7 Å². The van der Waals surface area contributed by atoms with E-state index in [0.717, 1.165) is 0 Å². The molecule has 0 N–H and O–H groups in total. The van der Waals surface area contributed by atoms with Gasteiger partial charge in [-0.3, -0.25) is 0 Å². The van der Waals surface area contributed by atoms with Crippen LogP contribution in [0.15, 0.2) is 84.9 Å². The van der Waals surface area contributed by atoms with E-state index in [9.17, 15) is 0 Å². The molecule has 0 heterocycles. The molecule has 6 aromatic rings. The van der Waals surface area contributed by atoms with Crippen molar-refractivity contribution in [1.29, 1.82) is 0 Å². The number of hydrogen-bond donors (Lipinski definition) is 0. The third-order valence-electron chi connectivity index (χ3n) is 6.03. The minimum atomic E-state index is 0. The number of hydrogen-bond acceptors (Lipinski definition) is 0. The smallest absolute Gasteiger partial charge is 1.00 e. The van der Waals surface area contributed by atoms with Crippen molar-refractivity contribution in [1.82, 2.24) is 0 Å². The first-order valence-corrected chi connectivity index (χ1v) is 10.6. The maximum absolute atomic E-state index is 2.28. The van der Waals surface area contributed by atoms with Crippen LogP contribution in [0.4, 0.5) is 0 Å². The maximum Gasteiger partial charge on any atom is 2.00 e. The fourth-order valence-electron chi connectivity index (χ4n) is 4.52. The van der Waals surface area contributed by atoms with E-state index in [4.69, 9.17) is 0 Å². The molecule has 6 aromatic carbocycles. The van der Waals surface area contributed by atoms with Gasteiger partial charge in [0.15, 0.2) is 0 Å². The zero-order chi connectivity index (χ0) is 20.8. The summed E-state index contributed by atoms with van der Waals surface area (Å²) in [4.78, 5) is 0. The van der Waals surface area contributed by atoms with Gasteiger partial charge in [0.05, 0.1) is 0 Å². The van der Waals surface area contributed by atoms with Crippen LogP contribution in [0.2, 0.25) is 0 Å². The molecule has 0 amide bonds. The van der Waals surface area contributed by atoms with Crippen LogP contribution >= 0.6 is 0 Å². The summed E-state index contributed by atoms with van der Waals surface area (Å²) < 4.78 is 0. The minimum absolute atomic E-state index is 0. The van der Waals surface area contributed by atoms with E-state index in [2.05, 4.69) is 113 Å². The van der Waals surface area contributed by atoms with E-state index in [0.29, 0.717) is 0 Å². The van der Waals surface area contributed by atoms with E-state index in [1.165, 1.54) is 65.3 Å². The molecule has 0 aliphatic heterocycles. The molecule has 0 bridgehead atoms. The summed E-state index contributed by atoms with van der Waals surface area (Å²) in [5, 5.41) is 10.9. The zero-order valence-corrected chi connectivity index (χ0v) is 26.3. The van der Waals surface area contributed by atoms with Gasteiger partial charge >= 0.3 is 52.4 Å². The summed E-state index contributed by atoms with van der Waals surface area (Å²) in [6, 6.07) is 31.2. The minimum Gasteiger partial charge on any atom is -1.00 e. The molecule has 0 spiro atoms. The molecule has 0 atom stereocenters. The average Bonchev–Trinajstić information content (AvgIpc) is 3.23. The molecule has 0 nitrogen and oxygen atoms in total. The first-order valence-electron chi connectivity index (χ1n) is 10.6. The standard InChI is InChI=1S/2C15H13.2ClH.2Zr/c2*1-10-3-5-14-12(7-10)9-13-8-11(2)4-6-15(13)14;;;;/h2*3-9H,1-2H3;2*1H;;/q2*-1;;;2*+2/p-2. The number of fused-ring (bicyclic) bond motifs is 6. The Kier molecular flexibility index (Phi) is 11.7. The van der Waals surface area contributed by atoms with Crippen molar-refractivity contribution in [3.05, 3.63) is 107 Å². The van der Waals surface area contributed by atoms with Gasteiger partial charge in [0.25, 0.3) is 0 Å². The molecule has 0 unspecified atom stereocenters. The maximum atomic E-state index is 2.28. The predicted octanol–water partition coefficient (Wildman–Crippen LogP) is 2.66. The predicted molar refractivity (Wildman–Crippen MR) is 133 cm³/mol. The largest absolute Gasteiger partial charge is 2.00 e. The van der Waals surface area contributed by atoms with E-state index in [1.54, 1.807) is 0 Å². The van der Waals surface area contributed by atoms with Crippen LogP contribution in [0.3, 0.4) is 0 Å². The second kappa shape index (κ2) is 12.8. The van der Waals surface area contributed by atoms with Gasteiger partial charge < -0.3 is 24.8 Å². The molecule has 0 aromatic heterocycles. The van der Waals surface area contributed by atoms with Crippen LogP contribution in [0.1, 0.15) is 22.3 Å². The fraction of sp³-hybridized carbons (Fsp3) is 0.133. The van der Waals surface area contributed by atoms with E-state index >= 15 is 0 Å². The summed E-state index contributed by atoms with van der Waals surface area (Å²) in [7, 11) is 0. The molecule has 4 heteroatoms. The number of halogens is 2. The Bertz CT molecular complexity index is 1310. The Morgan fingerprint density at radius 1 is 0.382 bits per heavy atom. The van der Waals surface area contributed by atoms with Gasteiger partial charge in [-0.2, -0.15) is 0 Å². The normalized spacial score (nSPS) is 10.0. The second-order valence-electron chi connectivity index (χ2n) is 8.65. The molecular formula is C30H26Cl2Zr2. The Hall–Kier alpha value is -1.03. The monoisotopic (exact) mass is 636 g/mol. The van der Waals surface area contributed by atoms with Crippen LogP contribution in [-0.4, -0.2) is 0 Å². The Balaban J connectivity index is 0.000000304. The van der Waals surface area contributed by atoms with Crippen molar-refractivity contribution in [3.8, 4) is 0 Å². The van der Waals surface area contributed by atoms with Crippen LogP contribution in [0, 0.1) is 27.7 Å². The summed E-state index contributed by atoms with van der Waals surface area (Å²) in [6.07, 6.45) is 0. The van der Waals surface area contributed by atoms with Crippen molar-refractivity contribution in [2.45, 2.75) is 27.7 Å². The first-order chi connectivity index (χ1) is 14.5. The molecule has 0 fully saturated rings. The quantitative estimate of drug-likeness (QED) is 0.225. The van der Waals surface area contributed by atoms with Gasteiger partial charge in [0.1, 0.15) is 0 Å². The molecule has 6 rings (SSSR count). The molecular weight excluding hydrogens is 614 g/mol. The van der Waals surface area contributed by atoms with Gasteiger partial charge in [-0.1, -0.05) is 70.8 Å². The van der Waals surface area contributed by atoms with Gasteiger partial charge in [0.2, 0.25) is 0 Å². The van der Waals surface area contributed by atoms with E-state index in [-0.39, 0.29) is 77.2 Å². The SMILES string of the molecule is Cc1ccc2c(c1)[cH-]c1cc(C)ccc12.Cc1ccc2c(c1)[cH-]c1cc(C)ccc12.[Cl-].[Cl-].[Zr+2].[Zr+2]. The third-order valence-corrected chi connectivity index (χ3v) is 6.03. The fourth-order valence-corrected chi connectivity index (χ4v) is 4.52. The van der Waals surface area contributed by atoms with E-state index in [1.807, 2.05) is 0 Å². The topological polar surface area (TPSA) is 0 Å². The van der Waals surface area contributed by atoms with Crippen molar-refractivity contribution in [2.24, 2.45) is 0 Å². The molecule has 0 radical (unpaired) electrons. The van der Waals surface area contributed by atoms with Crippen molar-refractivity contribution in [2.75, 3.05) is 0 Å². The average molecular weight is 640 g/mol. The van der Waals surface area contributed by atoms with Crippen molar-refractivity contribution in [3.63, 3.8) is 0 Å². The molecule has 0 saturated heterocycles. The summed E-state index contributed by atoms with van der Waals surface area (Å²) >= 11 is 0. The van der Waals surface area contributed by atoms with Crippen LogP contribution < -0.4 is 24.8 Å². The molecule has 0 saturated carbocycles. The van der Waals surface area contributed by atoms with Gasteiger partial charge in [-0.25, -0.2) is 0 Å². The van der Waals surface area contributed by atoms with Gasteiger partial charge in [0, 0.05) is 0 Å². The molecule has 0 aliphatic carbocycles. The van der Waals surface area contributed by atoms with Gasteiger partial charge in [-0.15, -0.1) is 79.5 Å². The van der Waals surface area contributed by atoms with Crippen LogP contribution in [-0.2, 0) is 52.4 Å². The number of rotatable bonds is 0. The molecule has 168 valence electrons. The molecule has 0 aliphatic rings. The summed E-state index contributed by atoms with van der Waals surface area (Å²) in [6.45, 7) is 8.56. The zero-order valence-electron chi connectivity index (χ0n) is 19.8. The number of aryl methyl sites for hydroxylation is 4.